The summed E-state index contributed by atoms with van der Waals surface area (Å²) >= 11 is 0. The van der Waals surface area contributed by atoms with Crippen LogP contribution in [0.1, 0.15) is 24.0 Å². The van der Waals surface area contributed by atoms with Gasteiger partial charge in [-0.2, -0.15) is 0 Å². The summed E-state index contributed by atoms with van der Waals surface area (Å²) in [6.45, 7) is 6.14. The first-order valence-corrected chi connectivity index (χ1v) is 7.76. The van der Waals surface area contributed by atoms with Gasteiger partial charge in [-0.25, -0.2) is 0 Å². The second-order valence-corrected chi connectivity index (χ2v) is 5.83. The van der Waals surface area contributed by atoms with Gasteiger partial charge in [0.1, 0.15) is 0 Å². The van der Waals surface area contributed by atoms with E-state index in [4.69, 9.17) is 4.74 Å². The summed E-state index contributed by atoms with van der Waals surface area (Å²) in [5.41, 5.74) is 2.74. The van der Waals surface area contributed by atoms with Crippen LogP contribution in [-0.2, 0) is 11.3 Å². The third kappa shape index (κ3) is 3.72. The van der Waals surface area contributed by atoms with Gasteiger partial charge in [0.25, 0.3) is 0 Å². The fraction of sp³-hybridized carbons (Fsp3) is 0.368. The molecule has 0 bridgehead atoms. The molecule has 0 radical (unpaired) electrons. The van der Waals surface area contributed by atoms with Crippen molar-refractivity contribution in [2.24, 2.45) is 0 Å². The summed E-state index contributed by atoms with van der Waals surface area (Å²) in [6.07, 6.45) is 0.282. The maximum absolute atomic E-state index is 6.02. The van der Waals surface area contributed by atoms with Crippen LogP contribution in [0.3, 0.4) is 0 Å². The standard InChI is InChI=1S/C19H23NO/c1-16(18-10-6-3-7-11-18)19-15-20(12-13-21-19)14-17-8-4-2-5-9-17/h2-11,16,19H,12-15H2,1H3/t16-,19-/m0/s1. The minimum atomic E-state index is 0.282. The van der Waals surface area contributed by atoms with E-state index in [1.54, 1.807) is 0 Å². The van der Waals surface area contributed by atoms with Gasteiger partial charge in [-0.05, 0) is 11.1 Å². The lowest BCUT2D eigenvalue weighted by molar-refractivity contribution is -0.0418. The first-order valence-electron chi connectivity index (χ1n) is 7.76. The van der Waals surface area contributed by atoms with E-state index in [1.165, 1.54) is 11.1 Å². The number of nitrogens with zero attached hydrogens (tertiary/aromatic N) is 1. The predicted octanol–water partition coefficient (Wildman–Crippen LogP) is 3.69. The van der Waals surface area contributed by atoms with E-state index in [0.29, 0.717) is 5.92 Å². The minimum absolute atomic E-state index is 0.282. The second-order valence-electron chi connectivity index (χ2n) is 5.83. The topological polar surface area (TPSA) is 12.5 Å². The van der Waals surface area contributed by atoms with Gasteiger partial charge in [-0.15, -0.1) is 0 Å². The molecule has 0 amide bonds. The van der Waals surface area contributed by atoms with Gasteiger partial charge in [0, 0.05) is 25.6 Å². The van der Waals surface area contributed by atoms with Crippen LogP contribution in [0, 0.1) is 0 Å². The molecule has 2 nitrogen and oxygen atoms in total. The zero-order valence-corrected chi connectivity index (χ0v) is 12.6. The van der Waals surface area contributed by atoms with Crippen molar-refractivity contribution >= 4 is 0 Å². The molecular weight excluding hydrogens is 258 g/mol. The Morgan fingerprint density at radius 2 is 1.71 bits per heavy atom. The summed E-state index contributed by atoms with van der Waals surface area (Å²) < 4.78 is 6.02. The molecule has 110 valence electrons. The molecule has 2 aromatic carbocycles. The van der Waals surface area contributed by atoms with Gasteiger partial charge >= 0.3 is 0 Å². The Morgan fingerprint density at radius 3 is 2.43 bits per heavy atom. The van der Waals surface area contributed by atoms with E-state index in [1.807, 2.05) is 0 Å². The van der Waals surface area contributed by atoms with Crippen LogP contribution in [-0.4, -0.2) is 30.7 Å². The third-order valence-electron chi connectivity index (χ3n) is 4.31. The first-order chi connectivity index (χ1) is 10.3. The highest BCUT2D eigenvalue weighted by Gasteiger charge is 2.26. The molecule has 2 atom stereocenters. The van der Waals surface area contributed by atoms with Gasteiger partial charge in [-0.1, -0.05) is 67.6 Å². The monoisotopic (exact) mass is 281 g/mol. The molecule has 2 heteroatoms. The Kier molecular flexibility index (Phi) is 4.69. The van der Waals surface area contributed by atoms with Gasteiger partial charge in [-0.3, -0.25) is 4.90 Å². The molecule has 1 saturated heterocycles. The smallest absolute Gasteiger partial charge is 0.0768 e. The summed E-state index contributed by atoms with van der Waals surface area (Å²) in [6, 6.07) is 21.4. The van der Waals surface area contributed by atoms with Crippen LogP contribution in [0.5, 0.6) is 0 Å². The SMILES string of the molecule is C[C@@H](c1ccccc1)[C@@H]1CN(Cc2ccccc2)CCO1. The summed E-state index contributed by atoms with van der Waals surface area (Å²) in [4.78, 5) is 2.50. The molecule has 0 N–H and O–H groups in total. The van der Waals surface area contributed by atoms with E-state index in [0.717, 1.165) is 26.2 Å². The molecule has 21 heavy (non-hydrogen) atoms. The molecule has 3 rings (SSSR count). The van der Waals surface area contributed by atoms with Crippen molar-refractivity contribution < 1.29 is 4.74 Å². The Hall–Kier alpha value is -1.64. The van der Waals surface area contributed by atoms with Crippen molar-refractivity contribution in [3.8, 4) is 0 Å². The maximum atomic E-state index is 6.02. The van der Waals surface area contributed by atoms with Crippen molar-refractivity contribution in [3.63, 3.8) is 0 Å². The molecule has 0 unspecified atom stereocenters. The number of hydrogen-bond acceptors (Lipinski definition) is 2. The highest BCUT2D eigenvalue weighted by molar-refractivity contribution is 5.20. The van der Waals surface area contributed by atoms with Crippen molar-refractivity contribution in [1.82, 2.24) is 4.90 Å². The molecule has 0 aromatic heterocycles. The Bertz CT molecular complexity index is 540. The van der Waals surface area contributed by atoms with Crippen LogP contribution in [0.4, 0.5) is 0 Å². The van der Waals surface area contributed by atoms with E-state index in [2.05, 4.69) is 72.5 Å². The second kappa shape index (κ2) is 6.88. The number of ether oxygens (including phenoxy) is 1. The quantitative estimate of drug-likeness (QED) is 0.847. The predicted molar refractivity (Wildman–Crippen MR) is 86.3 cm³/mol. The molecule has 1 aliphatic heterocycles. The van der Waals surface area contributed by atoms with E-state index in [9.17, 15) is 0 Å². The number of morpholine rings is 1. The lowest BCUT2D eigenvalue weighted by atomic mass is 9.94. The van der Waals surface area contributed by atoms with Crippen LogP contribution >= 0.6 is 0 Å². The Labute approximate surface area is 127 Å². The maximum Gasteiger partial charge on any atom is 0.0768 e. The fourth-order valence-corrected chi connectivity index (χ4v) is 2.99. The molecule has 0 saturated carbocycles. The number of benzene rings is 2. The van der Waals surface area contributed by atoms with Crippen LogP contribution in [0.25, 0.3) is 0 Å². The minimum Gasteiger partial charge on any atom is -0.375 e. The van der Waals surface area contributed by atoms with Crippen molar-refractivity contribution in [2.45, 2.75) is 25.5 Å². The zero-order chi connectivity index (χ0) is 14.5. The first kappa shape index (κ1) is 14.3. The highest BCUT2D eigenvalue weighted by atomic mass is 16.5. The number of hydrogen-bond donors (Lipinski definition) is 0. The summed E-state index contributed by atoms with van der Waals surface area (Å²) in [7, 11) is 0. The van der Waals surface area contributed by atoms with Crippen molar-refractivity contribution in [2.75, 3.05) is 19.7 Å². The lowest BCUT2D eigenvalue weighted by Gasteiger charge is -2.36. The van der Waals surface area contributed by atoms with Crippen LogP contribution < -0.4 is 0 Å². The van der Waals surface area contributed by atoms with E-state index < -0.39 is 0 Å². The van der Waals surface area contributed by atoms with Gasteiger partial charge < -0.3 is 4.74 Å². The van der Waals surface area contributed by atoms with Crippen LogP contribution in [0.15, 0.2) is 60.7 Å². The average Bonchev–Trinajstić information content (AvgIpc) is 2.56. The average molecular weight is 281 g/mol. The largest absolute Gasteiger partial charge is 0.375 e. The fourth-order valence-electron chi connectivity index (χ4n) is 2.99. The van der Waals surface area contributed by atoms with E-state index >= 15 is 0 Å². The van der Waals surface area contributed by atoms with Crippen molar-refractivity contribution in [1.29, 1.82) is 0 Å². The normalized spacial score (nSPS) is 21.1. The molecular formula is C19H23NO. The van der Waals surface area contributed by atoms with Gasteiger partial charge in [0.05, 0.1) is 12.7 Å². The van der Waals surface area contributed by atoms with Gasteiger partial charge in [0.15, 0.2) is 0 Å². The molecule has 1 aliphatic rings. The number of rotatable bonds is 4. The van der Waals surface area contributed by atoms with Crippen molar-refractivity contribution in [3.05, 3.63) is 71.8 Å². The third-order valence-corrected chi connectivity index (χ3v) is 4.31. The Morgan fingerprint density at radius 1 is 1.05 bits per heavy atom. The molecule has 0 aliphatic carbocycles. The van der Waals surface area contributed by atoms with Gasteiger partial charge in [0.2, 0.25) is 0 Å². The summed E-state index contributed by atoms with van der Waals surface area (Å²) in [5, 5.41) is 0. The Balaban J connectivity index is 1.63. The molecule has 1 fully saturated rings. The highest BCUT2D eigenvalue weighted by Crippen LogP contribution is 2.24. The summed E-state index contributed by atoms with van der Waals surface area (Å²) in [5.74, 6) is 0.435. The zero-order valence-electron chi connectivity index (χ0n) is 12.6. The van der Waals surface area contributed by atoms with Crippen LogP contribution in [0.2, 0.25) is 0 Å². The van der Waals surface area contributed by atoms with E-state index in [-0.39, 0.29) is 6.10 Å². The lowest BCUT2D eigenvalue weighted by Crippen LogP contribution is -2.44. The molecule has 2 aromatic rings. The molecule has 1 heterocycles. The molecule has 0 spiro atoms.